The molecule has 0 N–H and O–H groups in total. The molecule has 1 aliphatic heterocycles. The normalized spacial score (nSPS) is 19.1. The Morgan fingerprint density at radius 2 is 2.00 bits per heavy atom. The van der Waals surface area contributed by atoms with Crippen molar-refractivity contribution in [3.8, 4) is 0 Å². The summed E-state index contributed by atoms with van der Waals surface area (Å²) in [5.41, 5.74) is 2.74. The molecule has 1 saturated heterocycles. The van der Waals surface area contributed by atoms with Gasteiger partial charge in [0.2, 0.25) is 0 Å². The number of aryl methyl sites for hydroxylation is 1. The summed E-state index contributed by atoms with van der Waals surface area (Å²) in [5, 5.41) is 4.46. The molecule has 2 aromatic heterocycles. The van der Waals surface area contributed by atoms with Gasteiger partial charge in [-0.2, -0.15) is 5.10 Å². The van der Waals surface area contributed by atoms with E-state index < -0.39 is 0 Å². The number of rotatable bonds is 6. The first kappa shape index (κ1) is 15.2. The Balaban J connectivity index is 1.60. The van der Waals surface area contributed by atoms with Gasteiger partial charge in [-0.25, -0.2) is 0 Å². The monoisotopic (exact) mass is 298 g/mol. The van der Waals surface area contributed by atoms with Gasteiger partial charge in [0.25, 0.3) is 0 Å². The van der Waals surface area contributed by atoms with Crippen molar-refractivity contribution < 1.29 is 0 Å². The molecule has 0 aromatic carbocycles. The second-order valence-corrected chi connectivity index (χ2v) is 6.52. The summed E-state index contributed by atoms with van der Waals surface area (Å²) in [7, 11) is 0. The van der Waals surface area contributed by atoms with Gasteiger partial charge >= 0.3 is 0 Å². The Labute approximate surface area is 133 Å². The van der Waals surface area contributed by atoms with Crippen molar-refractivity contribution in [3.05, 3.63) is 48.0 Å². The molecule has 0 bridgehead atoms. The SMILES string of the molecule is CC(C)n1nccc1CN1CCC[C@@H]1CCc1ccncc1. The van der Waals surface area contributed by atoms with Crippen molar-refractivity contribution in [1.29, 1.82) is 0 Å². The average Bonchev–Trinajstić information content (AvgIpc) is 3.16. The zero-order chi connectivity index (χ0) is 15.4. The lowest BCUT2D eigenvalue weighted by Gasteiger charge is -2.25. The van der Waals surface area contributed by atoms with Crippen LogP contribution in [-0.2, 0) is 13.0 Å². The highest BCUT2D eigenvalue weighted by atomic mass is 15.3. The number of hydrogen-bond donors (Lipinski definition) is 0. The summed E-state index contributed by atoms with van der Waals surface area (Å²) in [6.45, 7) is 6.63. The molecule has 3 rings (SSSR count). The molecule has 4 nitrogen and oxygen atoms in total. The summed E-state index contributed by atoms with van der Waals surface area (Å²) in [4.78, 5) is 6.73. The molecular formula is C18H26N4. The van der Waals surface area contributed by atoms with Gasteiger partial charge in [-0.3, -0.25) is 14.6 Å². The van der Waals surface area contributed by atoms with Crippen LogP contribution < -0.4 is 0 Å². The maximum atomic E-state index is 4.46. The molecule has 0 aliphatic carbocycles. The fourth-order valence-corrected chi connectivity index (χ4v) is 3.45. The first-order valence-electron chi connectivity index (χ1n) is 8.39. The predicted octanol–water partition coefficient (Wildman–Crippen LogP) is 3.46. The zero-order valence-electron chi connectivity index (χ0n) is 13.7. The molecule has 3 heterocycles. The minimum absolute atomic E-state index is 0.433. The van der Waals surface area contributed by atoms with Gasteiger partial charge in [0.1, 0.15) is 0 Å². The van der Waals surface area contributed by atoms with Crippen molar-refractivity contribution in [2.45, 2.75) is 58.2 Å². The highest BCUT2D eigenvalue weighted by Crippen LogP contribution is 2.24. The van der Waals surface area contributed by atoms with E-state index >= 15 is 0 Å². The third-order valence-electron chi connectivity index (χ3n) is 4.62. The Bertz CT molecular complexity index is 576. The van der Waals surface area contributed by atoms with Crippen molar-refractivity contribution >= 4 is 0 Å². The smallest absolute Gasteiger partial charge is 0.0527 e. The van der Waals surface area contributed by atoms with Gasteiger partial charge in [-0.15, -0.1) is 0 Å². The molecule has 0 saturated carbocycles. The largest absolute Gasteiger partial charge is 0.295 e. The van der Waals surface area contributed by atoms with E-state index in [9.17, 15) is 0 Å². The van der Waals surface area contributed by atoms with E-state index in [0.29, 0.717) is 12.1 Å². The Kier molecular flexibility index (Phi) is 4.88. The van der Waals surface area contributed by atoms with Gasteiger partial charge in [-0.05, 0) is 69.8 Å². The summed E-state index contributed by atoms with van der Waals surface area (Å²) in [6, 6.07) is 7.56. The van der Waals surface area contributed by atoms with Gasteiger partial charge in [0.05, 0.1) is 5.69 Å². The van der Waals surface area contributed by atoms with Crippen molar-refractivity contribution in [2.75, 3.05) is 6.54 Å². The third-order valence-corrected chi connectivity index (χ3v) is 4.62. The molecule has 1 aliphatic rings. The van der Waals surface area contributed by atoms with Crippen LogP contribution in [0.2, 0.25) is 0 Å². The van der Waals surface area contributed by atoms with E-state index in [1.807, 2.05) is 18.6 Å². The van der Waals surface area contributed by atoms with Crippen LogP contribution in [0.3, 0.4) is 0 Å². The Morgan fingerprint density at radius 1 is 1.18 bits per heavy atom. The lowest BCUT2D eigenvalue weighted by Crippen LogP contribution is -2.30. The quantitative estimate of drug-likeness (QED) is 0.819. The fourth-order valence-electron chi connectivity index (χ4n) is 3.45. The fraction of sp³-hybridized carbons (Fsp3) is 0.556. The lowest BCUT2D eigenvalue weighted by atomic mass is 10.0. The Morgan fingerprint density at radius 3 is 2.77 bits per heavy atom. The molecule has 1 atom stereocenters. The summed E-state index contributed by atoms with van der Waals surface area (Å²) in [6.07, 6.45) is 10.7. The van der Waals surface area contributed by atoms with Crippen molar-refractivity contribution in [1.82, 2.24) is 19.7 Å². The van der Waals surface area contributed by atoms with Gasteiger partial charge in [0, 0.05) is 37.2 Å². The molecule has 0 amide bonds. The summed E-state index contributed by atoms with van der Waals surface area (Å²) < 4.78 is 2.15. The van der Waals surface area contributed by atoms with E-state index in [1.54, 1.807) is 0 Å². The highest BCUT2D eigenvalue weighted by Gasteiger charge is 2.25. The van der Waals surface area contributed by atoms with E-state index in [2.05, 4.69) is 51.7 Å². The number of likely N-dealkylation sites (tertiary alicyclic amines) is 1. The number of nitrogens with zero attached hydrogens (tertiary/aromatic N) is 4. The predicted molar refractivity (Wildman–Crippen MR) is 88.6 cm³/mol. The molecule has 2 aromatic rings. The third kappa shape index (κ3) is 3.55. The van der Waals surface area contributed by atoms with E-state index in [1.165, 1.54) is 37.1 Å². The molecule has 4 heteroatoms. The van der Waals surface area contributed by atoms with Crippen LogP contribution in [0.1, 0.15) is 50.4 Å². The summed E-state index contributed by atoms with van der Waals surface area (Å²) >= 11 is 0. The lowest BCUT2D eigenvalue weighted by molar-refractivity contribution is 0.226. The number of aromatic nitrogens is 3. The first-order valence-corrected chi connectivity index (χ1v) is 8.39. The van der Waals surface area contributed by atoms with E-state index in [4.69, 9.17) is 0 Å². The van der Waals surface area contributed by atoms with Crippen LogP contribution in [0, 0.1) is 0 Å². The average molecular weight is 298 g/mol. The molecule has 22 heavy (non-hydrogen) atoms. The van der Waals surface area contributed by atoms with Crippen LogP contribution in [0.15, 0.2) is 36.8 Å². The minimum atomic E-state index is 0.433. The van der Waals surface area contributed by atoms with Crippen molar-refractivity contribution in [2.24, 2.45) is 0 Å². The second-order valence-electron chi connectivity index (χ2n) is 6.52. The van der Waals surface area contributed by atoms with Crippen LogP contribution in [0.25, 0.3) is 0 Å². The molecule has 118 valence electrons. The summed E-state index contributed by atoms with van der Waals surface area (Å²) in [5.74, 6) is 0. The standard InChI is InChI=1S/C18H26N4/c1-15(2)22-18(9-12-20-22)14-21-13-3-4-17(21)6-5-16-7-10-19-11-8-16/h7-12,15,17H,3-6,13-14H2,1-2H3/t17-/m1/s1. The van der Waals surface area contributed by atoms with E-state index in [0.717, 1.165) is 13.0 Å². The minimum Gasteiger partial charge on any atom is -0.295 e. The van der Waals surface area contributed by atoms with Crippen LogP contribution in [-0.4, -0.2) is 32.3 Å². The highest BCUT2D eigenvalue weighted by molar-refractivity contribution is 5.10. The van der Waals surface area contributed by atoms with Crippen molar-refractivity contribution in [3.63, 3.8) is 0 Å². The molecule has 0 unspecified atom stereocenters. The Hall–Kier alpha value is -1.68. The molecular weight excluding hydrogens is 272 g/mol. The first-order chi connectivity index (χ1) is 10.7. The van der Waals surface area contributed by atoms with Gasteiger partial charge < -0.3 is 0 Å². The topological polar surface area (TPSA) is 34.0 Å². The molecule has 0 spiro atoms. The van der Waals surface area contributed by atoms with Crippen LogP contribution >= 0.6 is 0 Å². The maximum Gasteiger partial charge on any atom is 0.0527 e. The van der Waals surface area contributed by atoms with Gasteiger partial charge in [0.15, 0.2) is 0 Å². The van der Waals surface area contributed by atoms with Crippen LogP contribution in [0.5, 0.6) is 0 Å². The van der Waals surface area contributed by atoms with E-state index in [-0.39, 0.29) is 0 Å². The molecule has 1 fully saturated rings. The maximum absolute atomic E-state index is 4.46. The number of pyridine rings is 1. The zero-order valence-corrected chi connectivity index (χ0v) is 13.7. The number of hydrogen-bond acceptors (Lipinski definition) is 3. The second kappa shape index (κ2) is 7.05. The molecule has 0 radical (unpaired) electrons. The van der Waals surface area contributed by atoms with Crippen LogP contribution in [0.4, 0.5) is 0 Å². The van der Waals surface area contributed by atoms with Gasteiger partial charge in [-0.1, -0.05) is 0 Å².